The molecule has 0 fully saturated rings. The molecular formula is C22H21BrN4O3S. The topological polar surface area (TPSA) is 95.4 Å². The van der Waals surface area contributed by atoms with E-state index in [1.54, 1.807) is 12.1 Å². The molecule has 31 heavy (non-hydrogen) atoms. The first-order chi connectivity index (χ1) is 14.9. The summed E-state index contributed by atoms with van der Waals surface area (Å²) in [5, 5.41) is 18.4. The third kappa shape index (κ3) is 5.34. The lowest BCUT2D eigenvalue weighted by molar-refractivity contribution is -0.118. The third-order valence-corrected chi connectivity index (χ3v) is 5.60. The number of rotatable bonds is 7. The number of amides is 1. The van der Waals surface area contributed by atoms with Crippen molar-refractivity contribution in [2.45, 2.75) is 19.5 Å². The van der Waals surface area contributed by atoms with Gasteiger partial charge in [-0.3, -0.25) is 4.79 Å². The number of nitrogens with one attached hydrogen (secondary N) is 3. The quantitative estimate of drug-likeness (QED) is 0.500. The van der Waals surface area contributed by atoms with Gasteiger partial charge in [-0.05, 0) is 42.4 Å². The van der Waals surface area contributed by atoms with Gasteiger partial charge in [0.2, 0.25) is 0 Å². The van der Waals surface area contributed by atoms with E-state index < -0.39 is 6.04 Å². The number of carbonyl (C=O) groups excluding carboxylic acids is 1. The normalized spacial score (nSPS) is 15.4. The fourth-order valence-electron chi connectivity index (χ4n) is 3.26. The summed E-state index contributed by atoms with van der Waals surface area (Å²) in [6, 6.07) is 14.6. The Morgan fingerprint density at radius 2 is 2.03 bits per heavy atom. The zero-order valence-electron chi connectivity index (χ0n) is 17.0. The van der Waals surface area contributed by atoms with Crippen molar-refractivity contribution < 1.29 is 14.3 Å². The second-order valence-electron chi connectivity index (χ2n) is 6.71. The van der Waals surface area contributed by atoms with Gasteiger partial charge in [-0.2, -0.15) is 5.26 Å². The molecule has 1 aliphatic rings. The fraction of sp³-hybridized carbons (Fsp3) is 0.227. The summed E-state index contributed by atoms with van der Waals surface area (Å²) in [7, 11) is 1.52. The van der Waals surface area contributed by atoms with Crippen molar-refractivity contribution >= 4 is 39.2 Å². The minimum atomic E-state index is -0.516. The second-order valence-corrected chi connectivity index (χ2v) is 7.97. The number of methoxy groups -OCH3 is 1. The number of ether oxygens (including phenoxy) is 2. The number of nitrogens with zero attached hydrogens (tertiary/aromatic N) is 1. The van der Waals surface area contributed by atoms with Crippen molar-refractivity contribution in [1.29, 1.82) is 5.26 Å². The van der Waals surface area contributed by atoms with E-state index in [1.807, 2.05) is 43.3 Å². The van der Waals surface area contributed by atoms with Crippen molar-refractivity contribution in [1.82, 2.24) is 16.0 Å². The third-order valence-electron chi connectivity index (χ3n) is 4.70. The molecule has 0 radical (unpaired) electrons. The fourth-order valence-corrected chi connectivity index (χ4v) is 4.08. The number of benzene rings is 2. The molecule has 3 rings (SSSR count). The number of halogens is 1. The minimum Gasteiger partial charge on any atom is -0.493 e. The number of hydrogen-bond acceptors (Lipinski definition) is 5. The van der Waals surface area contributed by atoms with E-state index in [0.717, 1.165) is 11.1 Å². The number of carbonyl (C=O) groups is 1. The number of thiocarbonyl (C=S) groups is 1. The van der Waals surface area contributed by atoms with Crippen LogP contribution in [0.2, 0.25) is 0 Å². The molecule has 7 nitrogen and oxygen atoms in total. The van der Waals surface area contributed by atoms with Crippen LogP contribution in [-0.4, -0.2) is 24.7 Å². The molecule has 2 aromatic carbocycles. The molecule has 1 aliphatic heterocycles. The smallest absolute Gasteiger partial charge is 0.251 e. The average molecular weight is 501 g/mol. The lowest BCUT2D eigenvalue weighted by atomic mass is 9.94. The molecule has 0 bridgehead atoms. The second kappa shape index (κ2) is 10.3. The molecule has 3 N–H and O–H groups in total. The van der Waals surface area contributed by atoms with Crippen LogP contribution < -0.4 is 25.4 Å². The van der Waals surface area contributed by atoms with Crippen LogP contribution in [-0.2, 0) is 11.3 Å². The highest BCUT2D eigenvalue weighted by atomic mass is 79.9. The molecule has 1 amide bonds. The first-order valence-electron chi connectivity index (χ1n) is 9.42. The summed E-state index contributed by atoms with van der Waals surface area (Å²) in [4.78, 5) is 13.1. The zero-order valence-corrected chi connectivity index (χ0v) is 19.4. The molecule has 1 heterocycles. The summed E-state index contributed by atoms with van der Waals surface area (Å²) in [6.45, 7) is 2.11. The Morgan fingerprint density at radius 1 is 1.29 bits per heavy atom. The predicted octanol–water partition coefficient (Wildman–Crippen LogP) is 3.47. The highest BCUT2D eigenvalue weighted by Crippen LogP contribution is 2.39. The van der Waals surface area contributed by atoms with Crippen LogP contribution >= 0.6 is 28.1 Å². The zero-order chi connectivity index (χ0) is 22.4. The van der Waals surface area contributed by atoms with Gasteiger partial charge in [-0.1, -0.05) is 46.3 Å². The van der Waals surface area contributed by atoms with E-state index in [1.165, 1.54) is 7.11 Å². The average Bonchev–Trinajstić information content (AvgIpc) is 2.76. The molecule has 0 unspecified atom stereocenters. The van der Waals surface area contributed by atoms with Crippen LogP contribution in [0.5, 0.6) is 11.5 Å². The van der Waals surface area contributed by atoms with Crippen molar-refractivity contribution in [3.05, 3.63) is 69.3 Å². The SMILES string of the molecule is COc1cc([C@H]2NC(=S)NC(C)=C2C(=O)NCc2ccccc2)c(Br)cc1OCC#N. The van der Waals surface area contributed by atoms with Gasteiger partial charge < -0.3 is 25.4 Å². The van der Waals surface area contributed by atoms with E-state index in [2.05, 4.69) is 31.9 Å². The first kappa shape index (κ1) is 22.6. The summed E-state index contributed by atoms with van der Waals surface area (Å²) < 4.78 is 11.6. The highest BCUT2D eigenvalue weighted by molar-refractivity contribution is 9.10. The van der Waals surface area contributed by atoms with Crippen molar-refractivity contribution in [2.75, 3.05) is 13.7 Å². The Labute approximate surface area is 194 Å². The standard InChI is InChI=1S/C22H21BrN4O3S/c1-13-19(21(28)25-12-14-6-4-3-5-7-14)20(27-22(31)26-13)15-10-17(29-2)18(11-16(15)23)30-9-8-24/h3-7,10-11,20H,9,12H2,1-2H3,(H,25,28)(H2,26,27,31)/t20-/m1/s1. The maximum absolute atomic E-state index is 13.1. The molecule has 0 saturated carbocycles. The van der Waals surface area contributed by atoms with E-state index in [4.69, 9.17) is 27.0 Å². The van der Waals surface area contributed by atoms with Gasteiger partial charge in [0.05, 0.1) is 18.7 Å². The summed E-state index contributed by atoms with van der Waals surface area (Å²) in [5.41, 5.74) is 2.92. The first-order valence-corrected chi connectivity index (χ1v) is 10.6. The van der Waals surface area contributed by atoms with Gasteiger partial charge in [0.15, 0.2) is 23.2 Å². The van der Waals surface area contributed by atoms with E-state index >= 15 is 0 Å². The predicted molar refractivity (Wildman–Crippen MR) is 124 cm³/mol. The minimum absolute atomic E-state index is 0.107. The molecule has 0 saturated heterocycles. The Bertz CT molecular complexity index is 1070. The van der Waals surface area contributed by atoms with E-state index in [-0.39, 0.29) is 12.5 Å². The van der Waals surface area contributed by atoms with Gasteiger partial charge in [0.25, 0.3) is 5.91 Å². The van der Waals surface area contributed by atoms with Crippen LogP contribution in [0.25, 0.3) is 0 Å². The Balaban J connectivity index is 1.94. The number of allylic oxidation sites excluding steroid dienone is 1. The van der Waals surface area contributed by atoms with Crippen LogP contribution in [0.3, 0.4) is 0 Å². The summed E-state index contributed by atoms with van der Waals surface area (Å²) in [5.74, 6) is 0.651. The molecule has 0 aliphatic carbocycles. The van der Waals surface area contributed by atoms with Gasteiger partial charge in [0, 0.05) is 16.7 Å². The maximum atomic E-state index is 13.1. The van der Waals surface area contributed by atoms with Gasteiger partial charge in [-0.15, -0.1) is 0 Å². The van der Waals surface area contributed by atoms with Gasteiger partial charge >= 0.3 is 0 Å². The van der Waals surface area contributed by atoms with Crippen LogP contribution in [0.1, 0.15) is 24.1 Å². The molecular weight excluding hydrogens is 480 g/mol. The molecule has 2 aromatic rings. The lowest BCUT2D eigenvalue weighted by Gasteiger charge is -2.31. The largest absolute Gasteiger partial charge is 0.493 e. The molecule has 0 spiro atoms. The maximum Gasteiger partial charge on any atom is 0.251 e. The monoisotopic (exact) mass is 500 g/mol. The Kier molecular flexibility index (Phi) is 7.50. The lowest BCUT2D eigenvalue weighted by Crippen LogP contribution is -2.46. The number of hydrogen-bond donors (Lipinski definition) is 3. The summed E-state index contributed by atoms with van der Waals surface area (Å²) >= 11 is 8.89. The molecule has 160 valence electrons. The van der Waals surface area contributed by atoms with Gasteiger partial charge in [0.1, 0.15) is 6.07 Å². The number of nitriles is 1. The summed E-state index contributed by atoms with van der Waals surface area (Å²) in [6.07, 6.45) is 0. The van der Waals surface area contributed by atoms with Crippen LogP contribution in [0, 0.1) is 11.3 Å². The Hall–Kier alpha value is -3.09. The molecule has 9 heteroatoms. The van der Waals surface area contributed by atoms with Crippen molar-refractivity contribution in [2.24, 2.45) is 0 Å². The van der Waals surface area contributed by atoms with Crippen molar-refractivity contribution in [3.63, 3.8) is 0 Å². The van der Waals surface area contributed by atoms with Crippen molar-refractivity contribution in [3.8, 4) is 17.6 Å². The van der Waals surface area contributed by atoms with Crippen LogP contribution in [0.15, 0.2) is 58.2 Å². The Morgan fingerprint density at radius 3 is 2.71 bits per heavy atom. The molecule has 0 aromatic heterocycles. The van der Waals surface area contributed by atoms with E-state index in [9.17, 15) is 4.79 Å². The van der Waals surface area contributed by atoms with Crippen LogP contribution in [0.4, 0.5) is 0 Å². The van der Waals surface area contributed by atoms with Gasteiger partial charge in [-0.25, -0.2) is 0 Å². The highest BCUT2D eigenvalue weighted by Gasteiger charge is 2.32. The van der Waals surface area contributed by atoms with E-state index in [0.29, 0.717) is 38.9 Å². The molecule has 1 atom stereocenters.